The van der Waals surface area contributed by atoms with Gasteiger partial charge in [-0.15, -0.1) is 0 Å². The molecule has 3 heterocycles. The first-order valence-electron chi connectivity index (χ1n) is 4.29. The molecule has 0 fully saturated rings. The van der Waals surface area contributed by atoms with Crippen molar-refractivity contribution in [1.82, 2.24) is 15.0 Å². The van der Waals surface area contributed by atoms with Gasteiger partial charge in [-0.2, -0.15) is 0 Å². The van der Waals surface area contributed by atoms with Crippen LogP contribution in [0.5, 0.6) is 0 Å². The van der Waals surface area contributed by atoms with Crippen LogP contribution in [0.1, 0.15) is 5.69 Å². The maximum atomic E-state index is 4.33. The van der Waals surface area contributed by atoms with Crippen molar-refractivity contribution in [1.29, 1.82) is 0 Å². The van der Waals surface area contributed by atoms with E-state index in [0.717, 1.165) is 16.9 Å². The molecule has 0 atom stereocenters. The maximum Gasteiger partial charge on any atom is 0.178 e. The van der Waals surface area contributed by atoms with E-state index in [2.05, 4.69) is 25.3 Å². The molecule has 2 aromatic heterocycles. The van der Waals surface area contributed by atoms with Gasteiger partial charge in [-0.05, 0) is 6.07 Å². The van der Waals surface area contributed by atoms with Crippen molar-refractivity contribution in [3.8, 4) is 0 Å². The minimum Gasteiger partial charge on any atom is -0.364 e. The molecule has 68 valence electrons. The zero-order chi connectivity index (χ0) is 9.38. The molecule has 5 nitrogen and oxygen atoms in total. The van der Waals surface area contributed by atoms with E-state index < -0.39 is 0 Å². The number of aromatic nitrogens is 3. The first kappa shape index (κ1) is 7.37. The van der Waals surface area contributed by atoms with Crippen molar-refractivity contribution in [3.63, 3.8) is 0 Å². The van der Waals surface area contributed by atoms with Crippen LogP contribution in [0.25, 0.3) is 11.2 Å². The van der Waals surface area contributed by atoms with Gasteiger partial charge in [0.15, 0.2) is 5.65 Å². The normalized spacial score (nSPS) is 13.7. The second kappa shape index (κ2) is 2.73. The van der Waals surface area contributed by atoms with Gasteiger partial charge in [-0.1, -0.05) is 0 Å². The summed E-state index contributed by atoms with van der Waals surface area (Å²) in [6.45, 7) is 0.598. The molecule has 0 unspecified atom stereocenters. The average molecular weight is 185 g/mol. The van der Waals surface area contributed by atoms with E-state index in [1.54, 1.807) is 18.6 Å². The largest absolute Gasteiger partial charge is 0.364 e. The Bertz CT molecular complexity index is 520. The lowest BCUT2D eigenvalue weighted by atomic mass is 10.2. The van der Waals surface area contributed by atoms with Gasteiger partial charge in [-0.25, -0.2) is 9.97 Å². The van der Waals surface area contributed by atoms with Crippen LogP contribution in [-0.2, 0) is 0 Å². The van der Waals surface area contributed by atoms with Gasteiger partial charge in [0.1, 0.15) is 17.9 Å². The Balaban J connectivity index is 2.34. The molecule has 0 aliphatic carbocycles. The molecule has 0 saturated carbocycles. The van der Waals surface area contributed by atoms with Crippen LogP contribution in [0, 0.1) is 0 Å². The quantitative estimate of drug-likeness (QED) is 0.660. The third-order valence-electron chi connectivity index (χ3n) is 2.06. The minimum atomic E-state index is 0.598. The molecular formula is C9H7N5. The van der Waals surface area contributed by atoms with E-state index in [-0.39, 0.29) is 0 Å². The average Bonchev–Trinajstić information content (AvgIpc) is 2.26. The summed E-state index contributed by atoms with van der Waals surface area (Å²) in [5, 5.41) is 3.13. The lowest BCUT2D eigenvalue weighted by Crippen LogP contribution is -2.09. The highest BCUT2D eigenvalue weighted by molar-refractivity contribution is 5.91. The number of nitrogens with one attached hydrogen (secondary N) is 1. The third-order valence-corrected chi connectivity index (χ3v) is 2.06. The van der Waals surface area contributed by atoms with E-state index in [1.165, 1.54) is 0 Å². The van der Waals surface area contributed by atoms with Gasteiger partial charge < -0.3 is 5.32 Å². The third kappa shape index (κ3) is 1.02. The predicted octanol–water partition coefficient (Wildman–Crippen LogP) is 0.827. The number of nitrogens with zero attached hydrogens (tertiary/aromatic N) is 4. The van der Waals surface area contributed by atoms with Crippen LogP contribution in [0.4, 0.5) is 5.69 Å². The monoisotopic (exact) mass is 185 g/mol. The highest BCUT2D eigenvalue weighted by Gasteiger charge is 2.08. The summed E-state index contributed by atoms with van der Waals surface area (Å²) in [4.78, 5) is 16.7. The van der Waals surface area contributed by atoms with Crippen LogP contribution < -0.4 is 5.32 Å². The molecule has 5 heteroatoms. The highest BCUT2D eigenvalue weighted by atomic mass is 15.1. The number of aliphatic imine (C=N–C) groups is 1. The second-order valence-corrected chi connectivity index (χ2v) is 2.97. The van der Waals surface area contributed by atoms with Crippen LogP contribution in [0.2, 0.25) is 0 Å². The smallest absolute Gasteiger partial charge is 0.178 e. The topological polar surface area (TPSA) is 63.1 Å². The van der Waals surface area contributed by atoms with Gasteiger partial charge in [0.25, 0.3) is 0 Å². The number of rotatable bonds is 0. The predicted molar refractivity (Wildman–Crippen MR) is 53.4 cm³/mol. The summed E-state index contributed by atoms with van der Waals surface area (Å²) in [7, 11) is 0. The van der Waals surface area contributed by atoms with Crippen LogP contribution in [-0.4, -0.2) is 27.8 Å². The van der Waals surface area contributed by atoms with Gasteiger partial charge >= 0.3 is 0 Å². The molecule has 0 spiro atoms. The first-order valence-corrected chi connectivity index (χ1v) is 4.29. The summed E-state index contributed by atoms with van der Waals surface area (Å²) in [6, 6.07) is 1.94. The number of hydrogen-bond acceptors (Lipinski definition) is 5. The van der Waals surface area contributed by atoms with E-state index >= 15 is 0 Å². The summed E-state index contributed by atoms with van der Waals surface area (Å²) < 4.78 is 0. The minimum absolute atomic E-state index is 0.598. The van der Waals surface area contributed by atoms with E-state index in [0.29, 0.717) is 12.3 Å². The number of hydrogen-bond donors (Lipinski definition) is 1. The van der Waals surface area contributed by atoms with Crippen molar-refractivity contribution in [3.05, 3.63) is 24.2 Å². The molecule has 1 aliphatic rings. The summed E-state index contributed by atoms with van der Waals surface area (Å²) in [6.07, 6.45) is 5.04. The van der Waals surface area contributed by atoms with E-state index in [9.17, 15) is 0 Å². The summed E-state index contributed by atoms with van der Waals surface area (Å²) in [5.41, 5.74) is 3.24. The molecule has 0 radical (unpaired) electrons. The molecule has 0 bridgehead atoms. The number of pyridine rings is 1. The van der Waals surface area contributed by atoms with Crippen molar-refractivity contribution in [2.75, 3.05) is 12.0 Å². The molecule has 2 aromatic rings. The highest BCUT2D eigenvalue weighted by Crippen LogP contribution is 2.18. The lowest BCUT2D eigenvalue weighted by Gasteiger charge is -2.11. The fourth-order valence-corrected chi connectivity index (χ4v) is 1.42. The Morgan fingerprint density at radius 2 is 2.14 bits per heavy atom. The summed E-state index contributed by atoms with van der Waals surface area (Å²) in [5.74, 6) is 0. The fourth-order valence-electron chi connectivity index (χ4n) is 1.42. The first-order chi connectivity index (χ1) is 6.93. The molecule has 0 amide bonds. The Morgan fingerprint density at radius 1 is 1.21 bits per heavy atom. The zero-order valence-corrected chi connectivity index (χ0v) is 7.31. The van der Waals surface area contributed by atoms with Crippen molar-refractivity contribution in [2.24, 2.45) is 4.99 Å². The Kier molecular flexibility index (Phi) is 1.44. The van der Waals surface area contributed by atoms with Crippen molar-refractivity contribution < 1.29 is 0 Å². The zero-order valence-electron chi connectivity index (χ0n) is 7.31. The molecule has 0 aromatic carbocycles. The number of fused-ring (bicyclic) bond motifs is 2. The van der Waals surface area contributed by atoms with Crippen molar-refractivity contribution in [2.45, 2.75) is 0 Å². The standard InChI is InChI=1S/C9H7N5/c1-2-12-9-7(11-1)3-6-8(14-9)4-10-5-13-6/h1-4,13H,5H2. The van der Waals surface area contributed by atoms with Gasteiger partial charge in [0, 0.05) is 12.4 Å². The molecule has 0 saturated heterocycles. The molecular weight excluding hydrogens is 178 g/mol. The fraction of sp³-hybridized carbons (Fsp3) is 0.111. The van der Waals surface area contributed by atoms with Crippen LogP contribution in [0.15, 0.2) is 23.5 Å². The van der Waals surface area contributed by atoms with E-state index in [1.807, 2.05) is 6.07 Å². The summed E-state index contributed by atoms with van der Waals surface area (Å²) >= 11 is 0. The Labute approximate surface area is 79.9 Å². The van der Waals surface area contributed by atoms with Crippen LogP contribution >= 0.6 is 0 Å². The molecule has 1 N–H and O–H groups in total. The van der Waals surface area contributed by atoms with Gasteiger partial charge in [-0.3, -0.25) is 9.98 Å². The molecule has 3 rings (SSSR count). The second-order valence-electron chi connectivity index (χ2n) is 2.97. The Hall–Kier alpha value is -2.04. The SMILES string of the molecule is C1=NCNc2cc3nccnc3nc21. The number of anilines is 1. The molecule has 1 aliphatic heterocycles. The van der Waals surface area contributed by atoms with Crippen LogP contribution in [0.3, 0.4) is 0 Å². The van der Waals surface area contributed by atoms with Gasteiger partial charge in [0.05, 0.1) is 11.9 Å². The lowest BCUT2D eigenvalue weighted by molar-refractivity contribution is 1.10. The van der Waals surface area contributed by atoms with Gasteiger partial charge in [0.2, 0.25) is 0 Å². The van der Waals surface area contributed by atoms with Crippen molar-refractivity contribution >= 4 is 23.1 Å². The maximum absolute atomic E-state index is 4.33. The Morgan fingerprint density at radius 3 is 3.14 bits per heavy atom. The molecule has 14 heavy (non-hydrogen) atoms. The van der Waals surface area contributed by atoms with E-state index in [4.69, 9.17) is 0 Å².